The van der Waals surface area contributed by atoms with Crippen molar-refractivity contribution in [2.24, 2.45) is 5.73 Å². The number of alkyl halides is 10. The summed E-state index contributed by atoms with van der Waals surface area (Å²) in [4.78, 5) is 0. The highest BCUT2D eigenvalue weighted by molar-refractivity contribution is 7.85. The average molecular weight is 473 g/mol. The highest BCUT2D eigenvalue weighted by Crippen LogP contribution is 2.28. The Labute approximate surface area is 160 Å². The van der Waals surface area contributed by atoms with Crippen molar-refractivity contribution in [3.05, 3.63) is 12.7 Å². The van der Waals surface area contributed by atoms with E-state index in [9.17, 15) is 52.3 Å². The Hall–Kier alpha value is -1.09. The topological polar surface area (TPSA) is 80.4 Å². The van der Waals surface area contributed by atoms with E-state index in [2.05, 4.69) is 6.58 Å². The highest BCUT2D eigenvalue weighted by Gasteiger charge is 2.48. The van der Waals surface area contributed by atoms with Crippen molar-refractivity contribution in [2.75, 3.05) is 19.0 Å². The maximum Gasteiger partial charge on any atom is 0.267 e. The van der Waals surface area contributed by atoms with Gasteiger partial charge in [0.25, 0.3) is 10.1 Å². The predicted octanol–water partition coefficient (Wildman–Crippen LogP) is 3.02. The third-order valence-electron chi connectivity index (χ3n) is 3.20. The summed E-state index contributed by atoms with van der Waals surface area (Å²) < 4.78 is 159. The van der Waals surface area contributed by atoms with Gasteiger partial charge in [0, 0.05) is 6.54 Å². The van der Waals surface area contributed by atoms with Gasteiger partial charge in [0.1, 0.15) is 12.4 Å². The molecule has 0 heterocycles. The molecule has 0 aliphatic heterocycles. The van der Waals surface area contributed by atoms with Crippen LogP contribution in [0.5, 0.6) is 0 Å². The molecule has 0 aromatic rings. The molecule has 0 bridgehead atoms. The average Bonchev–Trinajstić information content (AvgIpc) is 2.67. The van der Waals surface area contributed by atoms with Gasteiger partial charge in [-0.25, -0.2) is 43.9 Å². The summed E-state index contributed by atoms with van der Waals surface area (Å²) in [5, 5.41) is 0. The zero-order valence-corrected chi connectivity index (χ0v) is 15.4. The van der Waals surface area contributed by atoms with Gasteiger partial charge in [-0.1, -0.05) is 6.08 Å². The van der Waals surface area contributed by atoms with E-state index in [1.54, 1.807) is 6.08 Å². The Morgan fingerprint density at radius 2 is 1.03 bits per heavy atom. The quantitative estimate of drug-likeness (QED) is 0.260. The lowest BCUT2D eigenvalue weighted by molar-refractivity contribution is -0.0542. The Morgan fingerprint density at radius 3 is 1.28 bits per heavy atom. The smallest absolute Gasteiger partial charge is 0.267 e. The number of rotatable bonds is 12. The van der Waals surface area contributed by atoms with E-state index in [4.69, 9.17) is 10.3 Å². The van der Waals surface area contributed by atoms with Gasteiger partial charge in [-0.2, -0.15) is 8.42 Å². The number of halogens is 10. The van der Waals surface area contributed by atoms with Gasteiger partial charge in [0.15, 0.2) is 55.5 Å². The summed E-state index contributed by atoms with van der Waals surface area (Å²) in [6, 6.07) is 0. The molecule has 0 aliphatic rings. The lowest BCUT2D eigenvalue weighted by Crippen LogP contribution is -2.48. The molecule has 0 saturated heterocycles. The molecule has 0 fully saturated rings. The molecule has 0 aromatic carbocycles. The minimum atomic E-state index is -5.16. The lowest BCUT2D eigenvalue weighted by Gasteiger charge is -2.26. The second kappa shape index (κ2) is 14.0. The Morgan fingerprint density at radius 1 is 0.759 bits per heavy atom. The normalized spacial score (nSPS) is 21.4. The van der Waals surface area contributed by atoms with E-state index < -0.39 is 78.1 Å². The SMILES string of the molecule is C=CCN.O=S(=O)(O)CC(F)C(F)C(F)C(F)C(F)C(F)C(F)C(F)C(F)CF. The number of hydrogen-bond donors (Lipinski definition) is 2. The Kier molecular flexibility index (Phi) is 14.5. The minimum absolute atomic E-state index is 0.583. The van der Waals surface area contributed by atoms with Crippen molar-refractivity contribution in [3.8, 4) is 0 Å². The van der Waals surface area contributed by atoms with Crippen LogP contribution in [0.2, 0.25) is 0 Å². The van der Waals surface area contributed by atoms with Crippen LogP contribution in [0.1, 0.15) is 0 Å². The number of hydrogen-bond acceptors (Lipinski definition) is 3. The van der Waals surface area contributed by atoms with E-state index in [1.165, 1.54) is 0 Å². The van der Waals surface area contributed by atoms with Gasteiger partial charge in [-0.15, -0.1) is 6.58 Å². The van der Waals surface area contributed by atoms with Crippen molar-refractivity contribution < 1.29 is 56.9 Å². The van der Waals surface area contributed by atoms with E-state index >= 15 is 0 Å². The molecule has 0 rings (SSSR count). The molecular formula is C14H21F10NO3S. The molecule has 0 amide bonds. The van der Waals surface area contributed by atoms with Crippen molar-refractivity contribution in [1.29, 1.82) is 0 Å². The van der Waals surface area contributed by atoms with Crippen LogP contribution in [0.25, 0.3) is 0 Å². The van der Waals surface area contributed by atoms with E-state index in [1.807, 2.05) is 0 Å². The fourth-order valence-electron chi connectivity index (χ4n) is 1.66. The fourth-order valence-corrected chi connectivity index (χ4v) is 2.24. The van der Waals surface area contributed by atoms with Crippen LogP contribution in [-0.2, 0) is 10.1 Å². The monoisotopic (exact) mass is 473 g/mol. The number of nitrogens with two attached hydrogens (primary N) is 1. The predicted molar refractivity (Wildman–Crippen MR) is 85.7 cm³/mol. The third kappa shape index (κ3) is 11.0. The second-order valence-corrected chi connectivity index (χ2v) is 7.07. The first-order valence-corrected chi connectivity index (χ1v) is 9.35. The van der Waals surface area contributed by atoms with E-state index in [-0.39, 0.29) is 0 Å². The third-order valence-corrected chi connectivity index (χ3v) is 3.94. The van der Waals surface area contributed by atoms with Gasteiger partial charge >= 0.3 is 0 Å². The van der Waals surface area contributed by atoms with Crippen LogP contribution in [0, 0.1) is 0 Å². The van der Waals surface area contributed by atoms with Gasteiger partial charge in [-0.3, -0.25) is 4.55 Å². The first kappa shape index (κ1) is 30.1. The lowest BCUT2D eigenvalue weighted by atomic mass is 9.97. The largest absolute Gasteiger partial charge is 0.327 e. The molecule has 4 nitrogen and oxygen atoms in total. The fraction of sp³-hybridized carbons (Fsp3) is 0.857. The van der Waals surface area contributed by atoms with Crippen LogP contribution < -0.4 is 5.73 Å². The molecule has 0 spiro atoms. The van der Waals surface area contributed by atoms with Crippen molar-refractivity contribution >= 4 is 10.1 Å². The Balaban J connectivity index is 0. The summed E-state index contributed by atoms with van der Waals surface area (Å²) >= 11 is 0. The molecule has 0 saturated carbocycles. The van der Waals surface area contributed by atoms with Gasteiger partial charge in [0.2, 0.25) is 0 Å². The van der Waals surface area contributed by atoms with Gasteiger partial charge in [-0.05, 0) is 0 Å². The Bertz CT molecular complexity index is 558. The molecule has 176 valence electrons. The summed E-state index contributed by atoms with van der Waals surface area (Å²) in [5.74, 6) is -2.03. The van der Waals surface area contributed by atoms with Gasteiger partial charge < -0.3 is 5.73 Å². The molecule has 29 heavy (non-hydrogen) atoms. The second-order valence-electron chi connectivity index (χ2n) is 5.57. The summed E-state index contributed by atoms with van der Waals surface area (Å²) in [6.45, 7) is 1.81. The van der Waals surface area contributed by atoms with Gasteiger partial charge in [0.05, 0.1) is 0 Å². The van der Waals surface area contributed by atoms with Crippen LogP contribution in [0.4, 0.5) is 43.9 Å². The molecule has 0 aliphatic carbocycles. The van der Waals surface area contributed by atoms with Crippen molar-refractivity contribution in [2.45, 2.75) is 55.5 Å². The summed E-state index contributed by atoms with van der Waals surface area (Å²) in [7, 11) is -5.16. The maximum absolute atomic E-state index is 13.3. The van der Waals surface area contributed by atoms with Crippen LogP contribution >= 0.6 is 0 Å². The zero-order valence-electron chi connectivity index (χ0n) is 14.6. The highest BCUT2D eigenvalue weighted by atomic mass is 32.2. The molecule has 15 heteroatoms. The zero-order chi connectivity index (χ0) is 23.5. The molecule has 0 radical (unpaired) electrons. The van der Waals surface area contributed by atoms with E-state index in [0.717, 1.165) is 0 Å². The standard InChI is InChI=1S/C11H14F10O3S.C3H7N/c12-1-3(13)5(15)7(17)9(19)11(21)10(20)8(18)6(16)4(14)2-25(22,23)24;1-2-3-4/h3-11H,1-2H2,(H,22,23,24);2H,1,3-4H2. The van der Waals surface area contributed by atoms with Crippen LogP contribution in [-0.4, -0.2) is 87.5 Å². The van der Waals surface area contributed by atoms with Crippen LogP contribution in [0.3, 0.4) is 0 Å². The molecule has 9 atom stereocenters. The molecule has 3 N–H and O–H groups in total. The maximum atomic E-state index is 13.3. The first-order chi connectivity index (χ1) is 13.2. The molecular weight excluding hydrogens is 452 g/mol. The van der Waals surface area contributed by atoms with Crippen LogP contribution in [0.15, 0.2) is 12.7 Å². The summed E-state index contributed by atoms with van der Waals surface area (Å²) in [5.41, 5.74) is 4.91. The molecule has 9 unspecified atom stereocenters. The van der Waals surface area contributed by atoms with E-state index in [0.29, 0.717) is 6.54 Å². The summed E-state index contributed by atoms with van der Waals surface area (Å²) in [6.07, 6.45) is -31.6. The van der Waals surface area contributed by atoms with Crippen molar-refractivity contribution in [3.63, 3.8) is 0 Å². The first-order valence-electron chi connectivity index (χ1n) is 7.74. The molecule has 0 aromatic heterocycles. The van der Waals surface area contributed by atoms with Crippen molar-refractivity contribution in [1.82, 2.24) is 0 Å². The minimum Gasteiger partial charge on any atom is -0.327 e.